The smallest absolute Gasteiger partial charge is 0.319 e. The minimum Gasteiger partial charge on any atom is -0.468 e. The van der Waals surface area contributed by atoms with Gasteiger partial charge in [0.05, 0.1) is 13.3 Å². The van der Waals surface area contributed by atoms with E-state index < -0.39 is 0 Å². The topological polar surface area (TPSA) is 67.9 Å². The van der Waals surface area contributed by atoms with E-state index in [0.717, 1.165) is 0 Å². The van der Waals surface area contributed by atoms with Gasteiger partial charge in [0.2, 0.25) is 0 Å². The number of hydrogen-bond acceptors (Lipinski definition) is 5. The van der Waals surface area contributed by atoms with Crippen LogP contribution in [0.2, 0.25) is 0 Å². The van der Waals surface area contributed by atoms with E-state index in [9.17, 15) is 4.79 Å². The van der Waals surface area contributed by atoms with Crippen LogP contribution in [0.25, 0.3) is 0 Å². The van der Waals surface area contributed by atoms with Crippen molar-refractivity contribution in [2.24, 2.45) is 5.41 Å². The molecular weight excluding hydrogens is 214 g/mol. The first-order valence-corrected chi connectivity index (χ1v) is 5.43. The molecule has 1 heterocycles. The minimum atomic E-state index is -0.285. The first kappa shape index (κ1) is 12.0. The molecule has 1 atom stereocenters. The molecule has 0 aliphatic heterocycles. The van der Waals surface area contributed by atoms with Crippen molar-refractivity contribution in [3.05, 3.63) is 6.20 Å². The van der Waals surface area contributed by atoms with Crippen LogP contribution < -0.4 is 0 Å². The van der Waals surface area contributed by atoms with E-state index in [4.69, 9.17) is 4.74 Å². The molecule has 84 valence electrons. The number of carbonyl (C=O) groups is 1. The Morgan fingerprint density at radius 1 is 1.60 bits per heavy atom. The predicted octanol–water partition coefficient (Wildman–Crippen LogP) is 1.48. The Kier molecular flexibility index (Phi) is 3.73. The van der Waals surface area contributed by atoms with Crippen LogP contribution in [0.5, 0.6) is 0 Å². The van der Waals surface area contributed by atoms with Crippen molar-refractivity contribution in [2.45, 2.75) is 31.0 Å². The number of rotatable bonds is 3. The highest BCUT2D eigenvalue weighted by Crippen LogP contribution is 2.34. The first-order valence-electron chi connectivity index (χ1n) is 4.55. The van der Waals surface area contributed by atoms with Gasteiger partial charge in [0.15, 0.2) is 0 Å². The molecule has 0 saturated carbocycles. The summed E-state index contributed by atoms with van der Waals surface area (Å²) in [6.07, 6.45) is 1.59. The highest BCUT2D eigenvalue weighted by atomic mass is 32.2. The fourth-order valence-electron chi connectivity index (χ4n) is 1.05. The van der Waals surface area contributed by atoms with Gasteiger partial charge in [-0.3, -0.25) is 4.79 Å². The van der Waals surface area contributed by atoms with Crippen molar-refractivity contribution in [3.8, 4) is 0 Å². The maximum Gasteiger partial charge on any atom is 0.319 e. The lowest BCUT2D eigenvalue weighted by Crippen LogP contribution is -2.32. The Bertz CT molecular complexity index is 319. The first-order chi connectivity index (χ1) is 6.95. The molecule has 1 N–H and O–H groups in total. The Morgan fingerprint density at radius 3 is 2.67 bits per heavy atom. The molecule has 1 aromatic heterocycles. The fraction of sp³-hybridized carbons (Fsp3) is 0.667. The Hall–Kier alpha value is -1.04. The van der Waals surface area contributed by atoms with Crippen LogP contribution in [0.3, 0.4) is 0 Å². The number of H-pyrrole nitrogens is 1. The summed E-state index contributed by atoms with van der Waals surface area (Å²) in [5, 5.41) is 10.5. The molecular formula is C9H15N3O2S. The lowest BCUT2D eigenvalue weighted by Gasteiger charge is -2.26. The summed E-state index contributed by atoms with van der Waals surface area (Å²) in [5.41, 5.74) is -0.184. The summed E-state index contributed by atoms with van der Waals surface area (Å²) < 4.78 is 4.77. The maximum absolute atomic E-state index is 11.6. The second kappa shape index (κ2) is 4.65. The number of nitrogens with zero attached hydrogens (tertiary/aromatic N) is 2. The molecule has 0 fully saturated rings. The molecule has 0 saturated heterocycles. The van der Waals surface area contributed by atoms with Crippen molar-refractivity contribution in [3.63, 3.8) is 0 Å². The molecule has 0 amide bonds. The van der Waals surface area contributed by atoms with Gasteiger partial charge in [-0.05, 0) is 5.41 Å². The normalized spacial score (nSPS) is 13.6. The SMILES string of the molecule is COC(=O)[C@@H](Sc1cn[nH]n1)C(C)(C)C. The molecule has 1 aromatic rings. The summed E-state index contributed by atoms with van der Waals surface area (Å²) in [6.45, 7) is 5.96. The maximum atomic E-state index is 11.6. The predicted molar refractivity (Wildman–Crippen MR) is 57.5 cm³/mol. The number of aromatic nitrogens is 3. The van der Waals surface area contributed by atoms with Gasteiger partial charge < -0.3 is 4.74 Å². The van der Waals surface area contributed by atoms with Crippen LogP contribution >= 0.6 is 11.8 Å². The molecule has 0 aromatic carbocycles. The number of thioether (sulfide) groups is 1. The minimum absolute atomic E-state index is 0.184. The summed E-state index contributed by atoms with van der Waals surface area (Å²) in [6, 6.07) is 0. The van der Waals surface area contributed by atoms with Crippen molar-refractivity contribution in [1.82, 2.24) is 15.4 Å². The van der Waals surface area contributed by atoms with Crippen molar-refractivity contribution >= 4 is 17.7 Å². The highest BCUT2D eigenvalue weighted by molar-refractivity contribution is 8.00. The number of carbonyl (C=O) groups excluding carboxylic acids is 1. The molecule has 15 heavy (non-hydrogen) atoms. The average molecular weight is 229 g/mol. The van der Waals surface area contributed by atoms with Gasteiger partial charge in [-0.25, -0.2) is 0 Å². The fourth-order valence-corrected chi connectivity index (χ4v) is 2.05. The molecule has 0 radical (unpaired) electrons. The van der Waals surface area contributed by atoms with Crippen LogP contribution in [0.1, 0.15) is 20.8 Å². The molecule has 0 unspecified atom stereocenters. The number of aromatic amines is 1. The molecule has 0 aliphatic rings. The van der Waals surface area contributed by atoms with Gasteiger partial charge in [0, 0.05) is 0 Å². The lowest BCUT2D eigenvalue weighted by atomic mass is 9.92. The summed E-state index contributed by atoms with van der Waals surface area (Å²) in [5.74, 6) is -0.240. The monoisotopic (exact) mass is 229 g/mol. The molecule has 0 bridgehead atoms. The third-order valence-corrected chi connectivity index (χ3v) is 3.41. The van der Waals surface area contributed by atoms with Crippen LogP contribution in [0, 0.1) is 5.41 Å². The van der Waals surface area contributed by atoms with E-state index in [2.05, 4.69) is 15.4 Å². The third-order valence-electron chi connectivity index (χ3n) is 1.83. The summed E-state index contributed by atoms with van der Waals surface area (Å²) in [4.78, 5) is 11.6. The van der Waals surface area contributed by atoms with Gasteiger partial charge >= 0.3 is 5.97 Å². The van der Waals surface area contributed by atoms with Crippen molar-refractivity contribution in [1.29, 1.82) is 0 Å². The Labute approximate surface area is 93.0 Å². The Balaban J connectivity index is 2.79. The second-order valence-corrected chi connectivity index (χ2v) is 5.32. The summed E-state index contributed by atoms with van der Waals surface area (Å²) in [7, 11) is 1.39. The number of esters is 1. The number of ether oxygens (including phenoxy) is 1. The van der Waals surface area contributed by atoms with Gasteiger partial charge in [-0.1, -0.05) is 32.5 Å². The van der Waals surface area contributed by atoms with Crippen LogP contribution in [0.4, 0.5) is 0 Å². The molecule has 0 spiro atoms. The van der Waals surface area contributed by atoms with Crippen molar-refractivity contribution in [2.75, 3.05) is 7.11 Å². The Morgan fingerprint density at radius 2 is 2.27 bits per heavy atom. The molecule has 1 rings (SSSR count). The van der Waals surface area contributed by atoms with E-state index in [1.165, 1.54) is 18.9 Å². The quantitative estimate of drug-likeness (QED) is 0.628. The van der Waals surface area contributed by atoms with E-state index in [0.29, 0.717) is 5.03 Å². The zero-order valence-corrected chi connectivity index (χ0v) is 10.1. The van der Waals surface area contributed by atoms with E-state index >= 15 is 0 Å². The van der Waals surface area contributed by atoms with Gasteiger partial charge in [0.1, 0.15) is 10.3 Å². The van der Waals surface area contributed by atoms with E-state index in [1.54, 1.807) is 6.20 Å². The second-order valence-electron chi connectivity index (χ2n) is 4.20. The molecule has 6 heteroatoms. The zero-order valence-electron chi connectivity index (χ0n) is 9.27. The van der Waals surface area contributed by atoms with Crippen LogP contribution in [-0.4, -0.2) is 33.7 Å². The average Bonchev–Trinajstić information content (AvgIpc) is 2.63. The van der Waals surface area contributed by atoms with Gasteiger partial charge in [-0.15, -0.1) is 5.10 Å². The van der Waals surface area contributed by atoms with Crippen LogP contribution in [-0.2, 0) is 9.53 Å². The third kappa shape index (κ3) is 3.23. The number of hydrogen-bond donors (Lipinski definition) is 1. The van der Waals surface area contributed by atoms with E-state index in [-0.39, 0.29) is 16.6 Å². The standard InChI is InChI=1S/C9H15N3O2S/c1-9(2,3)7(8(13)14-4)15-6-5-10-12-11-6/h5,7H,1-4H3,(H,10,11,12)/t7-/m1/s1. The van der Waals surface area contributed by atoms with Crippen LogP contribution in [0.15, 0.2) is 11.2 Å². The highest BCUT2D eigenvalue weighted by Gasteiger charge is 2.33. The van der Waals surface area contributed by atoms with Gasteiger partial charge in [-0.2, -0.15) is 10.3 Å². The number of nitrogens with one attached hydrogen (secondary N) is 1. The summed E-state index contributed by atoms with van der Waals surface area (Å²) >= 11 is 1.36. The zero-order chi connectivity index (χ0) is 11.5. The lowest BCUT2D eigenvalue weighted by molar-refractivity contribution is -0.141. The molecule has 0 aliphatic carbocycles. The van der Waals surface area contributed by atoms with Gasteiger partial charge in [0.25, 0.3) is 0 Å². The van der Waals surface area contributed by atoms with Crippen molar-refractivity contribution < 1.29 is 9.53 Å². The largest absolute Gasteiger partial charge is 0.468 e. The molecule has 5 nitrogen and oxygen atoms in total. The van der Waals surface area contributed by atoms with E-state index in [1.807, 2.05) is 20.8 Å². The number of methoxy groups -OCH3 is 1.